The van der Waals surface area contributed by atoms with Gasteiger partial charge in [0.2, 0.25) is 0 Å². The molecule has 1 unspecified atom stereocenters. The Kier molecular flexibility index (Phi) is 2.82. The van der Waals surface area contributed by atoms with Gasteiger partial charge in [-0.15, -0.1) is 0 Å². The van der Waals surface area contributed by atoms with E-state index in [1.807, 2.05) is 0 Å². The molecule has 1 aromatic heterocycles. The van der Waals surface area contributed by atoms with Crippen LogP contribution in [0.15, 0.2) is 24.4 Å². The normalized spacial score (nSPS) is 20.9. The third-order valence-electron chi connectivity index (χ3n) is 2.26. The molecule has 0 aromatic carbocycles. The Morgan fingerprint density at radius 3 is 3.00 bits per heavy atom. The predicted molar refractivity (Wildman–Crippen MR) is 54.0 cm³/mol. The number of pyridine rings is 1. The molecule has 6 nitrogen and oxygen atoms in total. The van der Waals surface area contributed by atoms with Gasteiger partial charge in [0.25, 0.3) is 5.91 Å². The Labute approximate surface area is 91.5 Å². The zero-order valence-electron chi connectivity index (χ0n) is 8.37. The number of aromatic nitrogens is 1. The van der Waals surface area contributed by atoms with Crippen LogP contribution in [-0.2, 0) is 14.3 Å². The van der Waals surface area contributed by atoms with Crippen LogP contribution >= 0.6 is 0 Å². The first-order valence-corrected chi connectivity index (χ1v) is 4.74. The summed E-state index contributed by atoms with van der Waals surface area (Å²) in [5, 5.41) is 8.81. The maximum absolute atomic E-state index is 11.5. The van der Waals surface area contributed by atoms with E-state index in [0.717, 1.165) is 0 Å². The molecule has 1 N–H and O–H groups in total. The standard InChI is InChI=1S/C10H10N2O4/c13-9-6-16-7(10(14)15)5-12(9)8-3-1-2-4-11-8/h1-4,7H,5-6H2,(H,14,15). The topological polar surface area (TPSA) is 79.7 Å². The average molecular weight is 222 g/mol. The maximum atomic E-state index is 11.5. The van der Waals surface area contributed by atoms with Gasteiger partial charge in [-0.2, -0.15) is 0 Å². The molecule has 1 saturated heterocycles. The third kappa shape index (κ3) is 2.01. The van der Waals surface area contributed by atoms with Crippen LogP contribution in [0.1, 0.15) is 0 Å². The summed E-state index contributed by atoms with van der Waals surface area (Å²) in [5.41, 5.74) is 0. The molecule has 1 aliphatic heterocycles. The summed E-state index contributed by atoms with van der Waals surface area (Å²) in [6.45, 7) is -0.237. The van der Waals surface area contributed by atoms with Crippen LogP contribution in [0.5, 0.6) is 0 Å². The Balaban J connectivity index is 2.19. The van der Waals surface area contributed by atoms with E-state index >= 15 is 0 Å². The number of hydrogen-bond donors (Lipinski definition) is 1. The van der Waals surface area contributed by atoms with Crippen LogP contribution in [-0.4, -0.2) is 41.2 Å². The Bertz CT molecular complexity index is 407. The van der Waals surface area contributed by atoms with E-state index in [-0.39, 0.29) is 19.1 Å². The van der Waals surface area contributed by atoms with E-state index < -0.39 is 12.1 Å². The smallest absolute Gasteiger partial charge is 0.334 e. The number of morpholine rings is 1. The van der Waals surface area contributed by atoms with E-state index in [2.05, 4.69) is 4.98 Å². The van der Waals surface area contributed by atoms with Gasteiger partial charge in [-0.3, -0.25) is 9.69 Å². The fourth-order valence-corrected chi connectivity index (χ4v) is 1.45. The molecule has 0 radical (unpaired) electrons. The van der Waals surface area contributed by atoms with Crippen LogP contribution in [0.3, 0.4) is 0 Å². The molecule has 2 rings (SSSR count). The summed E-state index contributed by atoms with van der Waals surface area (Å²) in [4.78, 5) is 27.6. The molecule has 1 aromatic rings. The number of carboxylic acid groups (broad SMARTS) is 1. The molecular formula is C10H10N2O4. The van der Waals surface area contributed by atoms with E-state index in [4.69, 9.17) is 9.84 Å². The molecule has 1 aliphatic rings. The van der Waals surface area contributed by atoms with Gasteiger partial charge in [0.15, 0.2) is 6.10 Å². The summed E-state index contributed by atoms with van der Waals surface area (Å²) < 4.78 is 4.88. The minimum absolute atomic E-state index is 0.00875. The minimum Gasteiger partial charge on any atom is -0.479 e. The summed E-state index contributed by atoms with van der Waals surface area (Å²) >= 11 is 0. The summed E-state index contributed by atoms with van der Waals surface area (Å²) in [5.74, 6) is -0.910. The van der Waals surface area contributed by atoms with E-state index in [9.17, 15) is 9.59 Å². The predicted octanol–water partition coefficient (Wildman–Crippen LogP) is -0.102. The number of hydrogen-bond acceptors (Lipinski definition) is 4. The first kappa shape index (κ1) is 10.6. The molecular weight excluding hydrogens is 212 g/mol. The first-order valence-electron chi connectivity index (χ1n) is 4.74. The number of carbonyl (C=O) groups is 2. The lowest BCUT2D eigenvalue weighted by Crippen LogP contribution is -2.50. The average Bonchev–Trinajstić information content (AvgIpc) is 2.30. The monoisotopic (exact) mass is 222 g/mol. The molecule has 0 aliphatic carbocycles. The molecule has 0 saturated carbocycles. The van der Waals surface area contributed by atoms with Crippen LogP contribution in [0.2, 0.25) is 0 Å². The number of rotatable bonds is 2. The van der Waals surface area contributed by atoms with Gasteiger partial charge in [0.1, 0.15) is 12.4 Å². The Hall–Kier alpha value is -1.95. The lowest BCUT2D eigenvalue weighted by molar-refractivity contribution is -0.154. The van der Waals surface area contributed by atoms with Crippen LogP contribution in [0.25, 0.3) is 0 Å². The van der Waals surface area contributed by atoms with Gasteiger partial charge in [-0.1, -0.05) is 6.07 Å². The molecule has 1 amide bonds. The molecule has 1 atom stereocenters. The van der Waals surface area contributed by atoms with Crippen LogP contribution in [0, 0.1) is 0 Å². The number of anilines is 1. The second kappa shape index (κ2) is 4.28. The molecule has 1 fully saturated rings. The lowest BCUT2D eigenvalue weighted by Gasteiger charge is -2.29. The van der Waals surface area contributed by atoms with Gasteiger partial charge in [0.05, 0.1) is 6.54 Å². The zero-order valence-corrected chi connectivity index (χ0v) is 8.37. The first-order chi connectivity index (χ1) is 7.68. The SMILES string of the molecule is O=C(O)C1CN(c2ccccn2)C(=O)CO1. The van der Waals surface area contributed by atoms with Gasteiger partial charge in [-0.05, 0) is 12.1 Å². The van der Waals surface area contributed by atoms with Crippen molar-refractivity contribution in [2.24, 2.45) is 0 Å². The second-order valence-electron chi connectivity index (χ2n) is 3.33. The molecule has 0 bridgehead atoms. The fourth-order valence-electron chi connectivity index (χ4n) is 1.45. The van der Waals surface area contributed by atoms with E-state index in [0.29, 0.717) is 5.82 Å². The van der Waals surface area contributed by atoms with Gasteiger partial charge in [-0.25, -0.2) is 9.78 Å². The summed E-state index contributed by atoms with van der Waals surface area (Å²) in [6.07, 6.45) is 0.563. The molecule has 6 heteroatoms. The molecule has 16 heavy (non-hydrogen) atoms. The second-order valence-corrected chi connectivity index (χ2v) is 3.33. The van der Waals surface area contributed by atoms with Crippen LogP contribution < -0.4 is 4.90 Å². The van der Waals surface area contributed by atoms with Crippen molar-refractivity contribution < 1.29 is 19.4 Å². The summed E-state index contributed by atoms with van der Waals surface area (Å²) in [7, 11) is 0. The van der Waals surface area contributed by atoms with Gasteiger partial charge < -0.3 is 9.84 Å². The Morgan fingerprint density at radius 1 is 1.56 bits per heavy atom. The number of amides is 1. The highest BCUT2D eigenvalue weighted by atomic mass is 16.5. The van der Waals surface area contributed by atoms with E-state index in [1.165, 1.54) is 4.90 Å². The molecule has 2 heterocycles. The Morgan fingerprint density at radius 2 is 2.38 bits per heavy atom. The van der Waals surface area contributed by atoms with Gasteiger partial charge in [0, 0.05) is 6.20 Å². The van der Waals surface area contributed by atoms with Crippen LogP contribution in [0.4, 0.5) is 5.82 Å². The molecule has 84 valence electrons. The highest BCUT2D eigenvalue weighted by Crippen LogP contribution is 2.15. The quantitative estimate of drug-likeness (QED) is 0.755. The number of carboxylic acids is 1. The van der Waals surface area contributed by atoms with Crippen molar-refractivity contribution in [3.05, 3.63) is 24.4 Å². The lowest BCUT2D eigenvalue weighted by atomic mass is 10.2. The molecule has 0 spiro atoms. The third-order valence-corrected chi connectivity index (χ3v) is 2.26. The minimum atomic E-state index is -1.08. The van der Waals surface area contributed by atoms with Crippen molar-refractivity contribution in [2.75, 3.05) is 18.1 Å². The summed E-state index contributed by atoms with van der Waals surface area (Å²) in [6, 6.07) is 5.12. The fraction of sp³-hybridized carbons (Fsp3) is 0.300. The van der Waals surface area contributed by atoms with E-state index in [1.54, 1.807) is 24.4 Å². The van der Waals surface area contributed by atoms with Crippen molar-refractivity contribution in [3.63, 3.8) is 0 Å². The number of ether oxygens (including phenoxy) is 1. The van der Waals surface area contributed by atoms with Crippen molar-refractivity contribution in [1.29, 1.82) is 0 Å². The van der Waals surface area contributed by atoms with Crippen molar-refractivity contribution in [2.45, 2.75) is 6.10 Å². The highest BCUT2D eigenvalue weighted by molar-refractivity contribution is 5.95. The van der Waals surface area contributed by atoms with Crippen molar-refractivity contribution in [3.8, 4) is 0 Å². The largest absolute Gasteiger partial charge is 0.479 e. The maximum Gasteiger partial charge on any atom is 0.334 e. The van der Waals surface area contributed by atoms with Crippen molar-refractivity contribution >= 4 is 17.7 Å². The number of aliphatic carboxylic acids is 1. The van der Waals surface area contributed by atoms with Crippen molar-refractivity contribution in [1.82, 2.24) is 4.98 Å². The highest BCUT2D eigenvalue weighted by Gasteiger charge is 2.32. The van der Waals surface area contributed by atoms with Gasteiger partial charge >= 0.3 is 5.97 Å². The number of nitrogens with zero attached hydrogens (tertiary/aromatic N) is 2. The number of carbonyl (C=O) groups excluding carboxylic acids is 1. The zero-order chi connectivity index (χ0) is 11.5.